The van der Waals surface area contributed by atoms with Gasteiger partial charge in [0.05, 0.1) is 5.56 Å². The molecule has 0 amide bonds. The Bertz CT molecular complexity index is 466. The molecule has 2 rings (SSSR count). The Morgan fingerprint density at radius 3 is 2.53 bits per heavy atom. The third-order valence-corrected chi connectivity index (χ3v) is 3.71. The lowest BCUT2D eigenvalue weighted by Crippen LogP contribution is -2.42. The molecule has 0 atom stereocenters. The molecule has 5 nitrogen and oxygen atoms in total. The molecule has 0 bridgehead atoms. The topological polar surface area (TPSA) is 56.7 Å². The van der Waals surface area contributed by atoms with Crippen LogP contribution in [0, 0.1) is 6.92 Å². The Kier molecular flexibility index (Phi) is 4.04. The molecule has 2 heterocycles. The van der Waals surface area contributed by atoms with Crippen molar-refractivity contribution in [2.45, 2.75) is 25.8 Å². The largest absolute Gasteiger partial charge is 0.478 e. The van der Waals surface area contributed by atoms with Gasteiger partial charge in [-0.2, -0.15) is 0 Å². The third-order valence-electron chi connectivity index (χ3n) is 3.71. The van der Waals surface area contributed by atoms with E-state index in [4.69, 9.17) is 5.11 Å². The third kappa shape index (κ3) is 3.23. The first-order chi connectivity index (χ1) is 8.97. The zero-order valence-corrected chi connectivity index (χ0v) is 11.8. The van der Waals surface area contributed by atoms with Gasteiger partial charge in [0.1, 0.15) is 5.82 Å². The standard InChI is InChI=1S/C14H21N3O2/c1-10-8-11(14(18)19)9-13(15-10)17-6-4-12(5-7-17)16(2)3/h8-9,12H,4-7H2,1-3H3,(H,18,19). The van der Waals surface area contributed by atoms with Crippen LogP contribution in [0.2, 0.25) is 0 Å². The second-order valence-corrected chi connectivity index (χ2v) is 5.34. The van der Waals surface area contributed by atoms with Gasteiger partial charge in [-0.1, -0.05) is 0 Å². The number of carboxylic acid groups (broad SMARTS) is 1. The maximum absolute atomic E-state index is 11.1. The van der Waals surface area contributed by atoms with Gasteiger partial charge in [-0.25, -0.2) is 9.78 Å². The quantitative estimate of drug-likeness (QED) is 0.898. The fraction of sp³-hybridized carbons (Fsp3) is 0.571. The van der Waals surface area contributed by atoms with E-state index in [1.54, 1.807) is 12.1 Å². The number of carboxylic acids is 1. The number of aromatic carboxylic acids is 1. The van der Waals surface area contributed by atoms with E-state index in [0.717, 1.165) is 37.4 Å². The molecule has 0 aliphatic carbocycles. The minimum Gasteiger partial charge on any atom is -0.478 e. The van der Waals surface area contributed by atoms with E-state index in [0.29, 0.717) is 11.6 Å². The van der Waals surface area contributed by atoms with Gasteiger partial charge in [-0.15, -0.1) is 0 Å². The van der Waals surface area contributed by atoms with Gasteiger partial charge in [-0.3, -0.25) is 0 Å². The van der Waals surface area contributed by atoms with Gasteiger partial charge in [0.2, 0.25) is 0 Å². The molecule has 1 fully saturated rings. The van der Waals surface area contributed by atoms with E-state index in [2.05, 4.69) is 28.9 Å². The highest BCUT2D eigenvalue weighted by atomic mass is 16.4. The fourth-order valence-electron chi connectivity index (χ4n) is 2.55. The predicted octanol–water partition coefficient (Wildman–Crippen LogP) is 1.62. The van der Waals surface area contributed by atoms with Gasteiger partial charge in [-0.05, 0) is 46.0 Å². The summed E-state index contributed by atoms with van der Waals surface area (Å²) < 4.78 is 0. The molecule has 0 radical (unpaired) electrons. The molecule has 104 valence electrons. The lowest BCUT2D eigenvalue weighted by molar-refractivity contribution is 0.0696. The Hall–Kier alpha value is -1.62. The Morgan fingerprint density at radius 2 is 2.00 bits per heavy atom. The summed E-state index contributed by atoms with van der Waals surface area (Å²) in [5.41, 5.74) is 1.07. The summed E-state index contributed by atoms with van der Waals surface area (Å²) in [4.78, 5) is 20.0. The van der Waals surface area contributed by atoms with E-state index in [9.17, 15) is 4.79 Å². The molecule has 1 saturated heterocycles. The van der Waals surface area contributed by atoms with Crippen molar-refractivity contribution in [1.82, 2.24) is 9.88 Å². The molecule has 0 unspecified atom stereocenters. The number of aryl methyl sites for hydroxylation is 1. The van der Waals surface area contributed by atoms with Crippen LogP contribution in [-0.2, 0) is 0 Å². The Morgan fingerprint density at radius 1 is 1.37 bits per heavy atom. The van der Waals surface area contributed by atoms with Gasteiger partial charge in [0.15, 0.2) is 0 Å². The normalized spacial score (nSPS) is 16.9. The second-order valence-electron chi connectivity index (χ2n) is 5.34. The van der Waals surface area contributed by atoms with Crippen molar-refractivity contribution < 1.29 is 9.90 Å². The number of hydrogen-bond donors (Lipinski definition) is 1. The molecule has 1 aliphatic heterocycles. The highest BCUT2D eigenvalue weighted by Gasteiger charge is 2.22. The van der Waals surface area contributed by atoms with Crippen LogP contribution in [0.1, 0.15) is 28.9 Å². The summed E-state index contributed by atoms with van der Waals surface area (Å²) in [5, 5.41) is 9.09. The van der Waals surface area contributed by atoms with Crippen LogP contribution in [0.25, 0.3) is 0 Å². The molecule has 1 aliphatic rings. The lowest BCUT2D eigenvalue weighted by Gasteiger charge is -2.36. The second kappa shape index (κ2) is 5.57. The van der Waals surface area contributed by atoms with E-state index < -0.39 is 5.97 Å². The van der Waals surface area contributed by atoms with Crippen molar-refractivity contribution in [3.8, 4) is 0 Å². The molecular weight excluding hydrogens is 242 g/mol. The first-order valence-corrected chi connectivity index (χ1v) is 6.60. The molecule has 1 N–H and O–H groups in total. The average molecular weight is 263 g/mol. The van der Waals surface area contributed by atoms with Crippen LogP contribution in [0.15, 0.2) is 12.1 Å². The minimum absolute atomic E-state index is 0.317. The van der Waals surface area contributed by atoms with Gasteiger partial charge in [0.25, 0.3) is 0 Å². The molecule has 19 heavy (non-hydrogen) atoms. The van der Waals surface area contributed by atoms with Crippen LogP contribution < -0.4 is 4.90 Å². The van der Waals surface area contributed by atoms with E-state index in [1.807, 2.05) is 6.92 Å². The van der Waals surface area contributed by atoms with Gasteiger partial charge < -0.3 is 14.9 Å². The van der Waals surface area contributed by atoms with E-state index in [-0.39, 0.29) is 0 Å². The number of carbonyl (C=O) groups is 1. The highest BCUT2D eigenvalue weighted by Crippen LogP contribution is 2.21. The van der Waals surface area contributed by atoms with Crippen LogP contribution in [0.4, 0.5) is 5.82 Å². The Labute approximate surface area is 113 Å². The summed E-state index contributed by atoms with van der Waals surface area (Å²) in [6, 6.07) is 3.89. The van der Waals surface area contributed by atoms with Gasteiger partial charge >= 0.3 is 5.97 Å². The smallest absolute Gasteiger partial charge is 0.335 e. The van der Waals surface area contributed by atoms with E-state index >= 15 is 0 Å². The average Bonchev–Trinajstić information content (AvgIpc) is 2.38. The molecule has 0 spiro atoms. The lowest BCUT2D eigenvalue weighted by atomic mass is 10.0. The Balaban J connectivity index is 2.13. The van der Waals surface area contributed by atoms with Crippen molar-refractivity contribution in [3.63, 3.8) is 0 Å². The number of hydrogen-bond acceptors (Lipinski definition) is 4. The molecule has 1 aromatic rings. The monoisotopic (exact) mass is 263 g/mol. The number of rotatable bonds is 3. The fourth-order valence-corrected chi connectivity index (χ4v) is 2.55. The summed E-state index contributed by atoms with van der Waals surface area (Å²) in [5.74, 6) is -0.107. The molecule has 5 heteroatoms. The zero-order chi connectivity index (χ0) is 14.0. The van der Waals surface area contributed by atoms with Crippen molar-refractivity contribution in [3.05, 3.63) is 23.4 Å². The first kappa shape index (κ1) is 13.8. The molecule has 0 saturated carbocycles. The highest BCUT2D eigenvalue weighted by molar-refractivity contribution is 5.88. The number of nitrogens with zero attached hydrogens (tertiary/aromatic N) is 3. The van der Waals surface area contributed by atoms with Crippen molar-refractivity contribution in [1.29, 1.82) is 0 Å². The van der Waals surface area contributed by atoms with Crippen molar-refractivity contribution in [2.24, 2.45) is 0 Å². The maximum atomic E-state index is 11.1. The minimum atomic E-state index is -0.894. The van der Waals surface area contributed by atoms with E-state index in [1.165, 1.54) is 0 Å². The number of pyridine rings is 1. The molecular formula is C14H21N3O2. The summed E-state index contributed by atoms with van der Waals surface area (Å²) in [6.45, 7) is 3.69. The maximum Gasteiger partial charge on any atom is 0.335 e. The molecule has 0 aromatic carbocycles. The van der Waals surface area contributed by atoms with Crippen LogP contribution in [-0.4, -0.2) is 54.2 Å². The van der Waals surface area contributed by atoms with Crippen LogP contribution >= 0.6 is 0 Å². The van der Waals surface area contributed by atoms with Crippen LogP contribution in [0.5, 0.6) is 0 Å². The van der Waals surface area contributed by atoms with Crippen molar-refractivity contribution >= 4 is 11.8 Å². The molecule has 1 aromatic heterocycles. The summed E-state index contributed by atoms with van der Waals surface area (Å²) in [7, 11) is 4.21. The summed E-state index contributed by atoms with van der Waals surface area (Å²) >= 11 is 0. The summed E-state index contributed by atoms with van der Waals surface area (Å²) in [6.07, 6.45) is 2.18. The first-order valence-electron chi connectivity index (χ1n) is 6.60. The number of aromatic nitrogens is 1. The zero-order valence-electron chi connectivity index (χ0n) is 11.8. The van der Waals surface area contributed by atoms with Crippen LogP contribution in [0.3, 0.4) is 0 Å². The number of anilines is 1. The number of piperidine rings is 1. The van der Waals surface area contributed by atoms with Gasteiger partial charge in [0, 0.05) is 24.8 Å². The predicted molar refractivity (Wildman–Crippen MR) is 74.9 cm³/mol. The van der Waals surface area contributed by atoms with Crippen molar-refractivity contribution in [2.75, 3.05) is 32.1 Å². The SMILES string of the molecule is Cc1cc(C(=O)O)cc(N2CCC(N(C)C)CC2)n1.